The number of benzene rings is 1. The summed E-state index contributed by atoms with van der Waals surface area (Å²) in [6.07, 6.45) is 9.15. The molecule has 28 heavy (non-hydrogen) atoms. The summed E-state index contributed by atoms with van der Waals surface area (Å²) in [5.41, 5.74) is 1.07. The van der Waals surface area contributed by atoms with Crippen LogP contribution in [0.1, 0.15) is 13.8 Å². The summed E-state index contributed by atoms with van der Waals surface area (Å²) < 4.78 is 16.5. The number of nitrogens with zero attached hydrogens (tertiary/aromatic N) is 1. The Bertz CT molecular complexity index is 829. The Morgan fingerprint density at radius 2 is 1.89 bits per heavy atom. The molecule has 3 rings (SSSR count). The Balaban J connectivity index is 0.00000280. The molecule has 0 saturated heterocycles. The topological polar surface area (TPSA) is 48.0 Å². The Morgan fingerprint density at radius 1 is 1.21 bits per heavy atom. The zero-order valence-corrected chi connectivity index (χ0v) is 19.0. The Hall–Kier alpha value is -1.93. The molecule has 2 unspecified atom stereocenters. The van der Waals surface area contributed by atoms with E-state index in [0.717, 1.165) is 5.57 Å². The summed E-state index contributed by atoms with van der Waals surface area (Å²) in [4.78, 5) is 13.7. The van der Waals surface area contributed by atoms with Crippen molar-refractivity contribution in [2.75, 3.05) is 13.7 Å². The molecule has 1 aromatic rings. The molecule has 0 amide bonds. The lowest BCUT2D eigenvalue weighted by Crippen LogP contribution is -2.31. The standard InChI is InChI=1S/C21H22ClNO4.HI/c1-4-25-21(24)14(2)26-17-6-8-18(9-7-17)27-19-12-15-11-16(22)5-10-20(15)23(3)13-19;/h5-14,20H,4H2,1-3H3;1H. The molecule has 0 aromatic heterocycles. The number of halogens is 2. The molecule has 0 saturated carbocycles. The molecule has 0 fully saturated rings. The minimum absolute atomic E-state index is 0. The Morgan fingerprint density at radius 3 is 2.57 bits per heavy atom. The van der Waals surface area contributed by atoms with Gasteiger partial charge >= 0.3 is 5.97 Å². The van der Waals surface area contributed by atoms with Crippen molar-refractivity contribution in [3.8, 4) is 11.5 Å². The molecule has 5 nitrogen and oxygen atoms in total. The van der Waals surface area contributed by atoms with E-state index in [0.29, 0.717) is 28.9 Å². The van der Waals surface area contributed by atoms with Crippen LogP contribution >= 0.6 is 35.6 Å². The molecule has 1 heterocycles. The zero-order chi connectivity index (χ0) is 19.4. The molecule has 0 N–H and O–H groups in total. The number of esters is 1. The fourth-order valence-electron chi connectivity index (χ4n) is 2.86. The second kappa shape index (κ2) is 10.0. The lowest BCUT2D eigenvalue weighted by Gasteiger charge is -2.31. The van der Waals surface area contributed by atoms with Crippen molar-refractivity contribution >= 4 is 41.5 Å². The minimum Gasteiger partial charge on any atom is -0.479 e. The summed E-state index contributed by atoms with van der Waals surface area (Å²) in [6.45, 7) is 3.75. The Kier molecular flexibility index (Phi) is 8.00. The largest absolute Gasteiger partial charge is 0.479 e. The van der Waals surface area contributed by atoms with E-state index < -0.39 is 6.10 Å². The predicted molar refractivity (Wildman–Crippen MR) is 120 cm³/mol. The highest BCUT2D eigenvalue weighted by atomic mass is 127. The molecule has 1 aromatic carbocycles. The van der Waals surface area contributed by atoms with Crippen LogP contribution in [0.25, 0.3) is 0 Å². The summed E-state index contributed by atoms with van der Waals surface area (Å²) in [5.74, 6) is 1.57. The van der Waals surface area contributed by atoms with Gasteiger partial charge in [0, 0.05) is 18.3 Å². The first kappa shape index (κ1) is 22.4. The predicted octanol–water partition coefficient (Wildman–Crippen LogP) is 4.79. The van der Waals surface area contributed by atoms with Crippen molar-refractivity contribution in [2.24, 2.45) is 0 Å². The van der Waals surface area contributed by atoms with Gasteiger partial charge in [-0.3, -0.25) is 0 Å². The number of fused-ring (bicyclic) bond motifs is 1. The average Bonchev–Trinajstić information content (AvgIpc) is 2.63. The van der Waals surface area contributed by atoms with Crippen molar-refractivity contribution in [3.05, 3.63) is 71.1 Å². The lowest BCUT2D eigenvalue weighted by molar-refractivity contribution is -0.150. The fraction of sp³-hybridized carbons (Fsp3) is 0.286. The Labute approximate surface area is 187 Å². The molecule has 1 aliphatic carbocycles. The van der Waals surface area contributed by atoms with Crippen LogP contribution in [0, 0.1) is 0 Å². The van der Waals surface area contributed by atoms with E-state index >= 15 is 0 Å². The van der Waals surface area contributed by atoms with Crippen molar-refractivity contribution in [2.45, 2.75) is 26.0 Å². The van der Waals surface area contributed by atoms with Crippen LogP contribution in [0.15, 0.2) is 71.1 Å². The van der Waals surface area contributed by atoms with Crippen molar-refractivity contribution < 1.29 is 19.0 Å². The maximum absolute atomic E-state index is 11.6. The van der Waals surface area contributed by atoms with Gasteiger partial charge in [-0.2, -0.15) is 0 Å². The highest BCUT2D eigenvalue weighted by molar-refractivity contribution is 14.0. The fourth-order valence-corrected chi connectivity index (χ4v) is 3.06. The van der Waals surface area contributed by atoms with Crippen LogP contribution in [-0.2, 0) is 9.53 Å². The van der Waals surface area contributed by atoms with E-state index in [9.17, 15) is 4.79 Å². The van der Waals surface area contributed by atoms with Gasteiger partial charge in [-0.15, -0.1) is 24.0 Å². The first-order chi connectivity index (χ1) is 13.0. The number of carbonyl (C=O) groups excluding carboxylic acids is 1. The molecule has 150 valence electrons. The van der Waals surface area contributed by atoms with Gasteiger partial charge < -0.3 is 19.1 Å². The van der Waals surface area contributed by atoms with Crippen LogP contribution < -0.4 is 9.47 Å². The van der Waals surface area contributed by atoms with Gasteiger partial charge in [0.15, 0.2) is 6.10 Å². The third-order valence-corrected chi connectivity index (χ3v) is 4.39. The van der Waals surface area contributed by atoms with Crippen LogP contribution in [0.4, 0.5) is 0 Å². The number of allylic oxidation sites excluding steroid dienone is 3. The first-order valence-corrected chi connectivity index (χ1v) is 9.16. The number of likely N-dealkylation sites (N-methyl/N-ethyl adjacent to an activating group) is 1. The van der Waals surface area contributed by atoms with Crippen molar-refractivity contribution in [1.82, 2.24) is 4.90 Å². The molecule has 7 heteroatoms. The first-order valence-electron chi connectivity index (χ1n) is 8.78. The van der Waals surface area contributed by atoms with E-state index in [4.69, 9.17) is 25.8 Å². The second-order valence-electron chi connectivity index (χ2n) is 6.26. The quantitative estimate of drug-likeness (QED) is 0.403. The molecule has 0 radical (unpaired) electrons. The maximum Gasteiger partial charge on any atom is 0.347 e. The summed E-state index contributed by atoms with van der Waals surface area (Å²) in [7, 11) is 1.99. The zero-order valence-electron chi connectivity index (χ0n) is 15.9. The van der Waals surface area contributed by atoms with E-state index in [1.807, 2.05) is 31.5 Å². The smallest absolute Gasteiger partial charge is 0.347 e. The van der Waals surface area contributed by atoms with Gasteiger partial charge in [-0.25, -0.2) is 4.79 Å². The molecule has 0 bridgehead atoms. The summed E-state index contributed by atoms with van der Waals surface area (Å²) in [6, 6.07) is 7.27. The van der Waals surface area contributed by atoms with Gasteiger partial charge in [0.05, 0.1) is 12.6 Å². The molecule has 2 aliphatic rings. The van der Waals surface area contributed by atoms with Crippen molar-refractivity contribution in [1.29, 1.82) is 0 Å². The average molecular weight is 516 g/mol. The maximum atomic E-state index is 11.6. The van der Waals surface area contributed by atoms with Crippen LogP contribution in [0.3, 0.4) is 0 Å². The van der Waals surface area contributed by atoms with Gasteiger partial charge in [0.25, 0.3) is 0 Å². The summed E-state index contributed by atoms with van der Waals surface area (Å²) in [5, 5.41) is 0.698. The van der Waals surface area contributed by atoms with E-state index in [1.54, 1.807) is 38.1 Å². The number of hydrogen-bond donors (Lipinski definition) is 0. The van der Waals surface area contributed by atoms with E-state index in [-0.39, 0.29) is 36.0 Å². The summed E-state index contributed by atoms with van der Waals surface area (Å²) >= 11 is 6.10. The number of rotatable bonds is 6. The minimum atomic E-state index is -0.663. The second-order valence-corrected chi connectivity index (χ2v) is 6.70. The molecular formula is C21H23ClINO4. The lowest BCUT2D eigenvalue weighted by atomic mass is 9.98. The van der Waals surface area contributed by atoms with Gasteiger partial charge in [0.2, 0.25) is 0 Å². The number of hydrogen-bond acceptors (Lipinski definition) is 5. The number of carbonyl (C=O) groups is 1. The third-order valence-electron chi connectivity index (χ3n) is 4.15. The normalized spacial score (nSPS) is 18.6. The monoisotopic (exact) mass is 515 g/mol. The molecule has 1 aliphatic heterocycles. The molecule has 2 atom stereocenters. The van der Waals surface area contributed by atoms with Gasteiger partial charge in [-0.05, 0) is 61.9 Å². The van der Waals surface area contributed by atoms with Crippen LogP contribution in [-0.4, -0.2) is 36.7 Å². The highest BCUT2D eigenvalue weighted by Crippen LogP contribution is 2.29. The van der Waals surface area contributed by atoms with Gasteiger partial charge in [0.1, 0.15) is 17.3 Å². The van der Waals surface area contributed by atoms with Gasteiger partial charge in [-0.1, -0.05) is 17.7 Å². The van der Waals surface area contributed by atoms with Crippen LogP contribution in [0.5, 0.6) is 11.5 Å². The third kappa shape index (κ3) is 5.54. The van der Waals surface area contributed by atoms with Crippen LogP contribution in [0.2, 0.25) is 0 Å². The SMILES string of the molecule is CCOC(=O)C(C)Oc1ccc(OC2=CN(C)C3C=CC(Cl)=CC3=C2)cc1.I. The highest BCUT2D eigenvalue weighted by Gasteiger charge is 2.22. The molecular weight excluding hydrogens is 493 g/mol. The number of ether oxygens (including phenoxy) is 3. The van der Waals surface area contributed by atoms with Crippen molar-refractivity contribution in [3.63, 3.8) is 0 Å². The van der Waals surface area contributed by atoms with E-state index in [2.05, 4.69) is 11.0 Å². The molecule has 0 spiro atoms. The van der Waals surface area contributed by atoms with E-state index in [1.165, 1.54) is 0 Å².